The molecule has 110 valence electrons. The van der Waals surface area contributed by atoms with Gasteiger partial charge < -0.3 is 14.2 Å². The second kappa shape index (κ2) is 8.88. The maximum absolute atomic E-state index is 12.7. The van der Waals surface area contributed by atoms with Crippen LogP contribution in [0.25, 0.3) is 0 Å². The largest absolute Gasteiger partial charge is 0.376 e. The lowest BCUT2D eigenvalue weighted by Crippen LogP contribution is -2.06. The molecule has 1 heterocycles. The molecule has 0 amide bonds. The Kier molecular flexibility index (Phi) is 7.88. The molecule has 0 radical (unpaired) electrons. The van der Waals surface area contributed by atoms with E-state index in [4.69, 9.17) is 9.05 Å². The lowest BCUT2D eigenvalue weighted by atomic mass is 10.4. The van der Waals surface area contributed by atoms with Crippen LogP contribution in [-0.4, -0.2) is 18.3 Å². The topological polar surface area (TPSA) is 55.8 Å². The highest BCUT2D eigenvalue weighted by Crippen LogP contribution is 2.60. The smallest absolute Gasteiger partial charge is 0.364 e. The first-order chi connectivity index (χ1) is 9.14. The molecular formula is C13H23O4PS. The predicted octanol–water partition coefficient (Wildman–Crippen LogP) is 4.57. The van der Waals surface area contributed by atoms with Gasteiger partial charge in [-0.15, -0.1) is 11.3 Å². The number of rotatable bonds is 10. The average molecular weight is 306 g/mol. The second-order valence-electron chi connectivity index (χ2n) is 4.30. The van der Waals surface area contributed by atoms with Crippen LogP contribution in [0.15, 0.2) is 17.5 Å². The summed E-state index contributed by atoms with van der Waals surface area (Å²) in [6.45, 7) is 4.76. The number of hydrogen-bond acceptors (Lipinski definition) is 5. The Balaban J connectivity index is 2.69. The van der Waals surface area contributed by atoms with Crippen LogP contribution in [0, 0.1) is 0 Å². The molecule has 4 nitrogen and oxygen atoms in total. The number of hydrogen-bond donors (Lipinski definition) is 1. The molecule has 0 aliphatic heterocycles. The van der Waals surface area contributed by atoms with Crippen molar-refractivity contribution in [2.24, 2.45) is 0 Å². The summed E-state index contributed by atoms with van der Waals surface area (Å²) in [5, 5.41) is 12.1. The molecular weight excluding hydrogens is 283 g/mol. The SMILES string of the molecule is CCCCOP(=O)(OCCCC)[C@@H](O)c1cccs1. The standard InChI is InChI=1S/C13H23O4PS/c1-3-5-9-16-18(15,17-10-6-4-2)13(14)12-8-7-11-19-12/h7-8,11,13-14H,3-6,9-10H2,1-2H3/t13-/m1/s1. The van der Waals surface area contributed by atoms with Gasteiger partial charge in [-0.25, -0.2) is 0 Å². The van der Waals surface area contributed by atoms with Crippen LogP contribution < -0.4 is 0 Å². The van der Waals surface area contributed by atoms with E-state index in [9.17, 15) is 9.67 Å². The lowest BCUT2D eigenvalue weighted by Gasteiger charge is -2.22. The second-order valence-corrected chi connectivity index (χ2v) is 7.37. The van der Waals surface area contributed by atoms with Crippen molar-refractivity contribution in [2.75, 3.05) is 13.2 Å². The van der Waals surface area contributed by atoms with Crippen LogP contribution >= 0.6 is 18.9 Å². The number of aliphatic hydroxyl groups is 1. The molecule has 1 N–H and O–H groups in total. The van der Waals surface area contributed by atoms with E-state index in [0.29, 0.717) is 18.1 Å². The van der Waals surface area contributed by atoms with Gasteiger partial charge in [0.05, 0.1) is 13.2 Å². The Labute approximate surface area is 119 Å². The minimum Gasteiger partial charge on any atom is -0.376 e. The molecule has 1 rings (SSSR count). The monoisotopic (exact) mass is 306 g/mol. The van der Waals surface area contributed by atoms with Crippen LogP contribution in [0.1, 0.15) is 50.3 Å². The van der Waals surface area contributed by atoms with E-state index in [1.165, 1.54) is 11.3 Å². The first kappa shape index (κ1) is 16.9. The van der Waals surface area contributed by atoms with Gasteiger partial charge in [-0.1, -0.05) is 32.8 Å². The van der Waals surface area contributed by atoms with E-state index in [1.54, 1.807) is 6.07 Å². The lowest BCUT2D eigenvalue weighted by molar-refractivity contribution is 0.141. The van der Waals surface area contributed by atoms with Crippen molar-refractivity contribution in [3.63, 3.8) is 0 Å². The molecule has 19 heavy (non-hydrogen) atoms. The molecule has 0 unspecified atom stereocenters. The zero-order chi connectivity index (χ0) is 14.1. The van der Waals surface area contributed by atoms with Crippen LogP contribution in [0.3, 0.4) is 0 Å². The summed E-state index contributed by atoms with van der Waals surface area (Å²) in [4.78, 5) is 0.622. The highest BCUT2D eigenvalue weighted by Gasteiger charge is 2.36. The van der Waals surface area contributed by atoms with Gasteiger partial charge in [0.25, 0.3) is 0 Å². The molecule has 0 spiro atoms. The van der Waals surface area contributed by atoms with Crippen molar-refractivity contribution in [1.82, 2.24) is 0 Å². The summed E-state index contributed by atoms with van der Waals surface area (Å²) < 4.78 is 23.5. The molecule has 0 aromatic carbocycles. The fourth-order valence-corrected chi connectivity index (χ4v) is 4.13. The van der Waals surface area contributed by atoms with Crippen LogP contribution in [0.2, 0.25) is 0 Å². The van der Waals surface area contributed by atoms with E-state index in [2.05, 4.69) is 0 Å². The summed E-state index contributed by atoms with van der Waals surface area (Å²) in [5.41, 5.74) is 0. The third kappa shape index (κ3) is 5.36. The zero-order valence-corrected chi connectivity index (χ0v) is 13.3. The average Bonchev–Trinajstić information content (AvgIpc) is 2.92. The first-order valence-corrected chi connectivity index (χ1v) is 9.23. The van der Waals surface area contributed by atoms with Gasteiger partial charge in [0.15, 0.2) is 5.85 Å². The number of aliphatic hydroxyl groups excluding tert-OH is 1. The molecule has 0 bridgehead atoms. The van der Waals surface area contributed by atoms with Gasteiger partial charge in [0.1, 0.15) is 0 Å². The highest BCUT2D eigenvalue weighted by atomic mass is 32.1. The normalized spacial score (nSPS) is 13.6. The van der Waals surface area contributed by atoms with Crippen molar-refractivity contribution in [2.45, 2.75) is 45.4 Å². The molecule has 1 aromatic heterocycles. The van der Waals surface area contributed by atoms with Gasteiger partial charge in [-0.3, -0.25) is 4.57 Å². The maximum Gasteiger partial charge on any atom is 0.364 e. The van der Waals surface area contributed by atoms with E-state index in [0.717, 1.165) is 25.7 Å². The zero-order valence-electron chi connectivity index (χ0n) is 11.6. The van der Waals surface area contributed by atoms with Crippen molar-refractivity contribution in [3.05, 3.63) is 22.4 Å². The fourth-order valence-electron chi connectivity index (χ4n) is 1.44. The third-order valence-electron chi connectivity index (χ3n) is 2.64. The highest BCUT2D eigenvalue weighted by molar-refractivity contribution is 7.54. The van der Waals surface area contributed by atoms with Crippen molar-refractivity contribution >= 4 is 18.9 Å². The number of unbranched alkanes of at least 4 members (excludes halogenated alkanes) is 2. The molecule has 0 fully saturated rings. The summed E-state index contributed by atoms with van der Waals surface area (Å²) in [5.74, 6) is -1.18. The molecule has 1 aromatic rings. The Morgan fingerprint density at radius 3 is 2.26 bits per heavy atom. The van der Waals surface area contributed by atoms with E-state index in [-0.39, 0.29) is 0 Å². The summed E-state index contributed by atoms with van der Waals surface area (Å²) in [6, 6.07) is 3.56. The quantitative estimate of drug-likeness (QED) is 0.508. The maximum atomic E-state index is 12.7. The molecule has 6 heteroatoms. The first-order valence-electron chi connectivity index (χ1n) is 6.74. The van der Waals surface area contributed by atoms with Crippen LogP contribution in [-0.2, 0) is 13.6 Å². The van der Waals surface area contributed by atoms with Gasteiger partial charge in [-0.05, 0) is 24.3 Å². The van der Waals surface area contributed by atoms with Crippen LogP contribution in [0.4, 0.5) is 0 Å². The van der Waals surface area contributed by atoms with Crippen molar-refractivity contribution in [3.8, 4) is 0 Å². The number of thiophene rings is 1. The van der Waals surface area contributed by atoms with Gasteiger partial charge >= 0.3 is 7.60 Å². The van der Waals surface area contributed by atoms with Crippen molar-refractivity contribution < 1.29 is 18.7 Å². The van der Waals surface area contributed by atoms with E-state index < -0.39 is 13.4 Å². The molecule has 0 aliphatic rings. The minimum absolute atomic E-state index is 0.350. The van der Waals surface area contributed by atoms with Gasteiger partial charge in [0, 0.05) is 4.88 Å². The molecule has 1 atom stereocenters. The Morgan fingerprint density at radius 1 is 1.26 bits per heavy atom. The predicted molar refractivity (Wildman–Crippen MR) is 78.6 cm³/mol. The Hall–Kier alpha value is -0.190. The van der Waals surface area contributed by atoms with E-state index >= 15 is 0 Å². The molecule has 0 saturated heterocycles. The Bertz CT molecular complexity index is 366. The summed E-state index contributed by atoms with van der Waals surface area (Å²) >= 11 is 1.35. The van der Waals surface area contributed by atoms with E-state index in [1.807, 2.05) is 25.3 Å². The van der Waals surface area contributed by atoms with Gasteiger partial charge in [-0.2, -0.15) is 0 Å². The minimum atomic E-state index is -3.49. The fraction of sp³-hybridized carbons (Fsp3) is 0.692. The third-order valence-corrected chi connectivity index (χ3v) is 5.70. The van der Waals surface area contributed by atoms with Crippen LogP contribution in [0.5, 0.6) is 0 Å². The van der Waals surface area contributed by atoms with Crippen molar-refractivity contribution in [1.29, 1.82) is 0 Å². The Morgan fingerprint density at radius 2 is 1.84 bits per heavy atom. The molecule has 0 aliphatic carbocycles. The summed E-state index contributed by atoms with van der Waals surface area (Å²) in [7, 11) is -3.49. The summed E-state index contributed by atoms with van der Waals surface area (Å²) in [6.07, 6.45) is 3.50. The molecule has 0 saturated carbocycles. The van der Waals surface area contributed by atoms with Gasteiger partial charge in [0.2, 0.25) is 0 Å².